The standard InChI is InChI=1S/C14H23N3O2/c1-4-7-18-12-9-11(2)16-13(17-12)15-10-14(3)6-5-8-19-14/h9H,4-8,10H2,1-3H3,(H,15,16,17). The molecular formula is C14H23N3O2. The fourth-order valence-electron chi connectivity index (χ4n) is 2.14. The molecule has 0 aliphatic carbocycles. The predicted molar refractivity (Wildman–Crippen MR) is 74.6 cm³/mol. The Morgan fingerprint density at radius 1 is 1.47 bits per heavy atom. The number of hydrogen-bond acceptors (Lipinski definition) is 5. The first-order chi connectivity index (χ1) is 9.11. The van der Waals surface area contributed by atoms with E-state index in [0.29, 0.717) is 18.4 Å². The molecule has 1 N–H and O–H groups in total. The highest BCUT2D eigenvalue weighted by Crippen LogP contribution is 2.25. The van der Waals surface area contributed by atoms with Gasteiger partial charge in [-0.3, -0.25) is 0 Å². The Balaban J connectivity index is 1.97. The summed E-state index contributed by atoms with van der Waals surface area (Å²) in [6.45, 7) is 8.39. The van der Waals surface area contributed by atoms with E-state index in [0.717, 1.165) is 38.1 Å². The van der Waals surface area contributed by atoms with Gasteiger partial charge in [0.05, 0.1) is 12.2 Å². The first kappa shape index (κ1) is 14.1. The van der Waals surface area contributed by atoms with Crippen LogP contribution in [0.5, 0.6) is 5.88 Å². The van der Waals surface area contributed by atoms with Crippen molar-refractivity contribution in [3.63, 3.8) is 0 Å². The summed E-state index contributed by atoms with van der Waals surface area (Å²) < 4.78 is 11.3. The third-order valence-electron chi connectivity index (χ3n) is 3.21. The Bertz CT molecular complexity index is 417. The van der Waals surface area contributed by atoms with Gasteiger partial charge < -0.3 is 14.8 Å². The second kappa shape index (κ2) is 6.19. The van der Waals surface area contributed by atoms with Crippen molar-refractivity contribution in [2.75, 3.05) is 25.1 Å². The minimum Gasteiger partial charge on any atom is -0.478 e. The maximum absolute atomic E-state index is 5.74. The van der Waals surface area contributed by atoms with Crippen molar-refractivity contribution in [3.8, 4) is 5.88 Å². The van der Waals surface area contributed by atoms with Gasteiger partial charge in [-0.25, -0.2) is 4.98 Å². The topological polar surface area (TPSA) is 56.3 Å². The number of aryl methyl sites for hydroxylation is 1. The molecule has 19 heavy (non-hydrogen) atoms. The first-order valence-corrected chi connectivity index (χ1v) is 6.98. The summed E-state index contributed by atoms with van der Waals surface area (Å²) in [5.41, 5.74) is 0.804. The molecule has 1 unspecified atom stereocenters. The first-order valence-electron chi connectivity index (χ1n) is 6.98. The molecule has 1 saturated heterocycles. The van der Waals surface area contributed by atoms with Crippen LogP contribution in [0.15, 0.2) is 6.07 Å². The van der Waals surface area contributed by atoms with Gasteiger partial charge in [-0.1, -0.05) is 6.92 Å². The van der Waals surface area contributed by atoms with Gasteiger partial charge in [-0.15, -0.1) is 0 Å². The summed E-state index contributed by atoms with van der Waals surface area (Å²) in [7, 11) is 0. The van der Waals surface area contributed by atoms with E-state index in [9.17, 15) is 0 Å². The fraction of sp³-hybridized carbons (Fsp3) is 0.714. The highest BCUT2D eigenvalue weighted by atomic mass is 16.5. The molecular weight excluding hydrogens is 242 g/mol. The number of aromatic nitrogens is 2. The van der Waals surface area contributed by atoms with E-state index in [-0.39, 0.29) is 5.60 Å². The number of rotatable bonds is 6. The maximum atomic E-state index is 5.74. The summed E-state index contributed by atoms with van der Waals surface area (Å²) in [4.78, 5) is 8.74. The van der Waals surface area contributed by atoms with Crippen LogP contribution in [-0.2, 0) is 4.74 Å². The largest absolute Gasteiger partial charge is 0.478 e. The lowest BCUT2D eigenvalue weighted by Crippen LogP contribution is -2.33. The van der Waals surface area contributed by atoms with Crippen molar-refractivity contribution in [3.05, 3.63) is 11.8 Å². The van der Waals surface area contributed by atoms with Crippen LogP contribution >= 0.6 is 0 Å². The van der Waals surface area contributed by atoms with Crippen LogP contribution in [0.4, 0.5) is 5.95 Å². The molecule has 1 aliphatic rings. The number of nitrogens with one attached hydrogen (secondary N) is 1. The molecule has 0 amide bonds. The number of ether oxygens (including phenoxy) is 2. The Labute approximate surface area is 114 Å². The smallest absolute Gasteiger partial charge is 0.226 e. The van der Waals surface area contributed by atoms with E-state index >= 15 is 0 Å². The van der Waals surface area contributed by atoms with Crippen molar-refractivity contribution in [1.29, 1.82) is 0 Å². The van der Waals surface area contributed by atoms with Crippen molar-refractivity contribution in [1.82, 2.24) is 9.97 Å². The van der Waals surface area contributed by atoms with E-state index in [4.69, 9.17) is 9.47 Å². The van der Waals surface area contributed by atoms with E-state index in [2.05, 4.69) is 29.1 Å². The van der Waals surface area contributed by atoms with Crippen LogP contribution in [0.2, 0.25) is 0 Å². The number of hydrogen-bond donors (Lipinski definition) is 1. The minimum atomic E-state index is -0.0997. The monoisotopic (exact) mass is 265 g/mol. The van der Waals surface area contributed by atoms with Crippen molar-refractivity contribution >= 4 is 5.95 Å². The third kappa shape index (κ3) is 4.06. The van der Waals surface area contributed by atoms with Gasteiger partial charge in [0.15, 0.2) is 0 Å². The van der Waals surface area contributed by atoms with Gasteiger partial charge in [0.1, 0.15) is 0 Å². The minimum absolute atomic E-state index is 0.0997. The quantitative estimate of drug-likeness (QED) is 0.856. The molecule has 0 radical (unpaired) electrons. The molecule has 0 aromatic carbocycles. The summed E-state index contributed by atoms with van der Waals surface area (Å²) in [5, 5.41) is 3.26. The summed E-state index contributed by atoms with van der Waals surface area (Å²) in [6.07, 6.45) is 3.17. The van der Waals surface area contributed by atoms with Gasteiger partial charge in [0, 0.05) is 24.9 Å². The number of nitrogens with zero attached hydrogens (tertiary/aromatic N) is 2. The molecule has 0 saturated carbocycles. The molecule has 2 heterocycles. The van der Waals surface area contributed by atoms with Crippen LogP contribution in [0.3, 0.4) is 0 Å². The molecule has 1 aliphatic heterocycles. The van der Waals surface area contributed by atoms with Gasteiger partial charge in [0.2, 0.25) is 11.8 Å². The second-order valence-electron chi connectivity index (χ2n) is 5.28. The Morgan fingerprint density at radius 3 is 3.00 bits per heavy atom. The average molecular weight is 265 g/mol. The van der Waals surface area contributed by atoms with Crippen LogP contribution in [-0.4, -0.2) is 35.3 Å². The predicted octanol–water partition coefficient (Wildman–Crippen LogP) is 2.55. The molecule has 1 fully saturated rings. The highest BCUT2D eigenvalue weighted by Gasteiger charge is 2.29. The van der Waals surface area contributed by atoms with Crippen molar-refractivity contribution in [2.24, 2.45) is 0 Å². The van der Waals surface area contributed by atoms with Crippen molar-refractivity contribution in [2.45, 2.75) is 45.6 Å². The van der Waals surface area contributed by atoms with E-state index in [1.807, 2.05) is 13.0 Å². The lowest BCUT2D eigenvalue weighted by Gasteiger charge is -2.23. The van der Waals surface area contributed by atoms with Crippen LogP contribution in [0, 0.1) is 6.92 Å². The second-order valence-corrected chi connectivity index (χ2v) is 5.28. The van der Waals surface area contributed by atoms with Crippen LogP contribution in [0.25, 0.3) is 0 Å². The summed E-state index contributed by atoms with van der Waals surface area (Å²) in [5.74, 6) is 1.25. The van der Waals surface area contributed by atoms with E-state index in [1.165, 1.54) is 0 Å². The van der Waals surface area contributed by atoms with Gasteiger partial charge in [-0.05, 0) is 33.1 Å². The fourth-order valence-corrected chi connectivity index (χ4v) is 2.14. The molecule has 2 rings (SSSR count). The molecule has 106 valence electrons. The van der Waals surface area contributed by atoms with E-state index < -0.39 is 0 Å². The van der Waals surface area contributed by atoms with Gasteiger partial charge in [-0.2, -0.15) is 4.98 Å². The van der Waals surface area contributed by atoms with E-state index in [1.54, 1.807) is 0 Å². The normalized spacial score (nSPS) is 22.5. The Morgan fingerprint density at radius 2 is 2.32 bits per heavy atom. The number of anilines is 1. The summed E-state index contributed by atoms with van der Waals surface area (Å²) >= 11 is 0. The molecule has 1 aromatic heterocycles. The average Bonchev–Trinajstić information content (AvgIpc) is 2.81. The SMILES string of the molecule is CCCOc1cc(C)nc(NCC2(C)CCCO2)n1. The lowest BCUT2D eigenvalue weighted by atomic mass is 10.0. The molecule has 1 atom stereocenters. The maximum Gasteiger partial charge on any atom is 0.226 e. The zero-order valence-electron chi connectivity index (χ0n) is 12.0. The zero-order valence-corrected chi connectivity index (χ0v) is 12.0. The van der Waals surface area contributed by atoms with Crippen LogP contribution in [0.1, 0.15) is 38.8 Å². The molecule has 0 bridgehead atoms. The lowest BCUT2D eigenvalue weighted by molar-refractivity contribution is 0.0314. The molecule has 5 nitrogen and oxygen atoms in total. The third-order valence-corrected chi connectivity index (χ3v) is 3.21. The Hall–Kier alpha value is -1.36. The van der Waals surface area contributed by atoms with Crippen molar-refractivity contribution < 1.29 is 9.47 Å². The Kier molecular flexibility index (Phi) is 4.58. The van der Waals surface area contributed by atoms with Gasteiger partial charge >= 0.3 is 0 Å². The zero-order chi connectivity index (χ0) is 13.7. The molecule has 1 aromatic rings. The molecule has 0 spiro atoms. The summed E-state index contributed by atoms with van der Waals surface area (Å²) in [6, 6.07) is 1.86. The molecule has 5 heteroatoms. The highest BCUT2D eigenvalue weighted by molar-refractivity contribution is 5.31. The van der Waals surface area contributed by atoms with Gasteiger partial charge in [0.25, 0.3) is 0 Å². The van der Waals surface area contributed by atoms with Crippen LogP contribution < -0.4 is 10.1 Å².